The minimum atomic E-state index is -0.171. The number of aromatic amines is 1. The van der Waals surface area contributed by atoms with Gasteiger partial charge in [0, 0.05) is 18.3 Å². The number of urea groups is 1. The first kappa shape index (κ1) is 14.1. The molecule has 18 heavy (non-hydrogen) atoms. The Bertz CT molecular complexity index is 517. The summed E-state index contributed by atoms with van der Waals surface area (Å²) in [6.45, 7) is 6.57. The fourth-order valence-electron chi connectivity index (χ4n) is 1.66. The summed E-state index contributed by atoms with van der Waals surface area (Å²) in [4.78, 5) is 14.3. The molecule has 0 saturated heterocycles. The summed E-state index contributed by atoms with van der Waals surface area (Å²) in [5, 5.41) is 6.42. The molecular weight excluding hydrogens is 226 g/mol. The lowest BCUT2D eigenvalue weighted by atomic mass is 10.2. The van der Waals surface area contributed by atoms with Crippen molar-refractivity contribution < 1.29 is 4.79 Å². The van der Waals surface area contributed by atoms with E-state index in [1.54, 1.807) is 7.05 Å². The first-order valence-electron chi connectivity index (χ1n) is 6.23. The maximum Gasteiger partial charge on any atom is 0.314 e. The molecule has 0 atom stereocenters. The van der Waals surface area contributed by atoms with Crippen LogP contribution in [0.2, 0.25) is 0 Å². The van der Waals surface area contributed by atoms with Crippen molar-refractivity contribution in [3.05, 3.63) is 35.5 Å². The lowest BCUT2D eigenvalue weighted by Gasteiger charge is -2.01. The monoisotopic (exact) mass is 247 g/mol. The van der Waals surface area contributed by atoms with Crippen molar-refractivity contribution in [2.75, 3.05) is 7.05 Å². The van der Waals surface area contributed by atoms with E-state index in [1.165, 1.54) is 10.9 Å². The number of benzene rings is 1. The van der Waals surface area contributed by atoms with Crippen molar-refractivity contribution in [1.82, 2.24) is 15.6 Å². The summed E-state index contributed by atoms with van der Waals surface area (Å²) in [6.07, 6.45) is 0. The van der Waals surface area contributed by atoms with Gasteiger partial charge in [-0.15, -0.1) is 0 Å². The summed E-state index contributed by atoms with van der Waals surface area (Å²) in [6, 6.07) is 8.12. The molecule has 3 N–H and O–H groups in total. The van der Waals surface area contributed by atoms with E-state index in [0.29, 0.717) is 6.54 Å². The van der Waals surface area contributed by atoms with Gasteiger partial charge in [-0.25, -0.2) is 4.79 Å². The second-order valence-electron chi connectivity index (χ2n) is 3.82. The molecule has 98 valence electrons. The molecule has 4 nitrogen and oxygen atoms in total. The number of aromatic nitrogens is 1. The van der Waals surface area contributed by atoms with Crippen molar-refractivity contribution in [3.8, 4) is 0 Å². The van der Waals surface area contributed by atoms with Gasteiger partial charge in [0.15, 0.2) is 0 Å². The number of fused-ring (bicyclic) bond motifs is 1. The molecule has 0 radical (unpaired) electrons. The highest BCUT2D eigenvalue weighted by molar-refractivity contribution is 5.81. The summed E-state index contributed by atoms with van der Waals surface area (Å²) < 4.78 is 0. The maximum atomic E-state index is 11.0. The quantitative estimate of drug-likeness (QED) is 0.751. The third kappa shape index (κ3) is 3.52. The fourth-order valence-corrected chi connectivity index (χ4v) is 1.66. The van der Waals surface area contributed by atoms with Gasteiger partial charge in [-0.3, -0.25) is 0 Å². The van der Waals surface area contributed by atoms with Crippen LogP contribution < -0.4 is 10.6 Å². The van der Waals surface area contributed by atoms with E-state index in [2.05, 4.69) is 40.7 Å². The molecule has 0 aliphatic rings. The van der Waals surface area contributed by atoms with Crippen LogP contribution >= 0.6 is 0 Å². The van der Waals surface area contributed by atoms with Gasteiger partial charge in [-0.2, -0.15) is 0 Å². The van der Waals surface area contributed by atoms with Crippen LogP contribution in [0, 0.1) is 6.92 Å². The van der Waals surface area contributed by atoms with Crippen LogP contribution in [0.4, 0.5) is 4.79 Å². The molecule has 1 heterocycles. The molecule has 2 amide bonds. The van der Waals surface area contributed by atoms with E-state index in [9.17, 15) is 4.79 Å². The van der Waals surface area contributed by atoms with E-state index >= 15 is 0 Å². The van der Waals surface area contributed by atoms with Crippen molar-refractivity contribution in [2.45, 2.75) is 27.3 Å². The zero-order valence-electron chi connectivity index (χ0n) is 11.4. The lowest BCUT2D eigenvalue weighted by molar-refractivity contribution is 0.242. The third-order valence-electron chi connectivity index (χ3n) is 2.50. The van der Waals surface area contributed by atoms with Crippen LogP contribution in [0.25, 0.3) is 10.9 Å². The van der Waals surface area contributed by atoms with Crippen molar-refractivity contribution in [3.63, 3.8) is 0 Å². The van der Waals surface area contributed by atoms with Gasteiger partial charge in [-0.1, -0.05) is 26.0 Å². The average Bonchev–Trinajstić information content (AvgIpc) is 2.80. The van der Waals surface area contributed by atoms with Gasteiger partial charge < -0.3 is 15.6 Å². The predicted octanol–water partition coefficient (Wildman–Crippen LogP) is 2.93. The highest BCUT2D eigenvalue weighted by Gasteiger charge is 2.02. The van der Waals surface area contributed by atoms with Crippen molar-refractivity contribution in [2.24, 2.45) is 0 Å². The van der Waals surface area contributed by atoms with Crippen LogP contribution in [0.1, 0.15) is 25.1 Å². The second-order valence-corrected chi connectivity index (χ2v) is 3.82. The molecule has 0 aliphatic carbocycles. The number of hydrogen-bond acceptors (Lipinski definition) is 1. The first-order valence-corrected chi connectivity index (χ1v) is 6.23. The SMILES string of the molecule is CC.CNC(=O)NCc1cc2ccc(C)cc2[nH]1. The Kier molecular flexibility index (Phi) is 5.24. The minimum Gasteiger partial charge on any atom is -0.357 e. The number of nitrogens with one attached hydrogen (secondary N) is 3. The Labute approximate surface area is 108 Å². The number of amides is 2. The minimum absolute atomic E-state index is 0.171. The molecule has 0 bridgehead atoms. The molecule has 2 aromatic rings. The third-order valence-corrected chi connectivity index (χ3v) is 2.50. The van der Waals surface area contributed by atoms with Crippen LogP contribution in [-0.2, 0) is 6.54 Å². The highest BCUT2D eigenvalue weighted by Crippen LogP contribution is 2.16. The highest BCUT2D eigenvalue weighted by atomic mass is 16.2. The van der Waals surface area contributed by atoms with E-state index in [1.807, 2.05) is 19.9 Å². The van der Waals surface area contributed by atoms with Gasteiger partial charge in [0.1, 0.15) is 0 Å². The van der Waals surface area contributed by atoms with Gasteiger partial charge in [0.2, 0.25) is 0 Å². The normalized spacial score (nSPS) is 9.56. The summed E-state index contributed by atoms with van der Waals surface area (Å²) in [5.41, 5.74) is 3.33. The van der Waals surface area contributed by atoms with Gasteiger partial charge in [-0.05, 0) is 30.0 Å². The summed E-state index contributed by atoms with van der Waals surface area (Å²) in [5.74, 6) is 0. The number of carbonyl (C=O) groups excluding carboxylic acids is 1. The lowest BCUT2D eigenvalue weighted by Crippen LogP contribution is -2.32. The van der Waals surface area contributed by atoms with Crippen molar-refractivity contribution >= 4 is 16.9 Å². The molecule has 1 aromatic heterocycles. The van der Waals surface area contributed by atoms with E-state index in [0.717, 1.165) is 11.2 Å². The molecule has 0 fully saturated rings. The first-order chi connectivity index (χ1) is 8.69. The molecule has 4 heteroatoms. The van der Waals surface area contributed by atoms with Crippen LogP contribution in [-0.4, -0.2) is 18.1 Å². The molecule has 0 spiro atoms. The molecule has 0 saturated carbocycles. The van der Waals surface area contributed by atoms with E-state index in [-0.39, 0.29) is 6.03 Å². The summed E-state index contributed by atoms with van der Waals surface area (Å²) >= 11 is 0. The van der Waals surface area contributed by atoms with Gasteiger partial charge in [0.25, 0.3) is 0 Å². The average molecular weight is 247 g/mol. The summed E-state index contributed by atoms with van der Waals surface area (Å²) in [7, 11) is 1.60. The molecule has 1 aromatic carbocycles. The Balaban J connectivity index is 0.000000771. The van der Waals surface area contributed by atoms with Gasteiger partial charge in [0.05, 0.1) is 6.54 Å². The van der Waals surface area contributed by atoms with Crippen LogP contribution in [0.15, 0.2) is 24.3 Å². The molecular formula is C14H21N3O. The number of hydrogen-bond donors (Lipinski definition) is 3. The zero-order chi connectivity index (χ0) is 13.5. The Hall–Kier alpha value is -1.97. The molecule has 2 rings (SSSR count). The number of rotatable bonds is 2. The maximum absolute atomic E-state index is 11.0. The Morgan fingerprint density at radius 2 is 2.00 bits per heavy atom. The largest absolute Gasteiger partial charge is 0.357 e. The van der Waals surface area contributed by atoms with E-state index < -0.39 is 0 Å². The number of carbonyl (C=O) groups is 1. The fraction of sp³-hybridized carbons (Fsp3) is 0.357. The van der Waals surface area contributed by atoms with Crippen LogP contribution in [0.5, 0.6) is 0 Å². The standard InChI is InChI=1S/C12H15N3O.C2H6/c1-8-3-4-9-6-10(15-11(9)5-8)7-14-12(16)13-2;1-2/h3-6,15H,7H2,1-2H3,(H2,13,14,16);1-2H3. The molecule has 0 unspecified atom stereocenters. The van der Waals surface area contributed by atoms with Crippen LogP contribution in [0.3, 0.4) is 0 Å². The number of aryl methyl sites for hydroxylation is 1. The Morgan fingerprint density at radius 3 is 2.67 bits per heavy atom. The molecule has 0 aliphatic heterocycles. The van der Waals surface area contributed by atoms with Gasteiger partial charge >= 0.3 is 6.03 Å². The topological polar surface area (TPSA) is 56.9 Å². The van der Waals surface area contributed by atoms with Crippen molar-refractivity contribution in [1.29, 1.82) is 0 Å². The zero-order valence-corrected chi connectivity index (χ0v) is 11.4. The predicted molar refractivity (Wildman–Crippen MR) is 75.7 cm³/mol. The second kappa shape index (κ2) is 6.69. The Morgan fingerprint density at radius 1 is 1.28 bits per heavy atom. The van der Waals surface area contributed by atoms with E-state index in [4.69, 9.17) is 0 Å². The number of H-pyrrole nitrogens is 1. The smallest absolute Gasteiger partial charge is 0.314 e.